The van der Waals surface area contributed by atoms with Gasteiger partial charge in [-0.1, -0.05) is 6.42 Å². The summed E-state index contributed by atoms with van der Waals surface area (Å²) in [6.07, 6.45) is 7.69. The fourth-order valence-corrected chi connectivity index (χ4v) is 5.45. The zero-order chi connectivity index (χ0) is 12.3. The summed E-state index contributed by atoms with van der Waals surface area (Å²) in [6, 6.07) is 0.544. The molecular formula is C15H24N2O. The molecule has 0 radical (unpaired) electrons. The van der Waals surface area contributed by atoms with Crippen molar-refractivity contribution < 1.29 is 4.79 Å². The molecule has 0 aromatic rings. The molecule has 4 fully saturated rings. The van der Waals surface area contributed by atoms with Crippen molar-refractivity contribution in [2.24, 2.45) is 41.2 Å². The maximum Gasteiger partial charge on any atom is 0.223 e. The van der Waals surface area contributed by atoms with Gasteiger partial charge >= 0.3 is 0 Å². The molecule has 2 bridgehead atoms. The molecule has 4 saturated carbocycles. The van der Waals surface area contributed by atoms with E-state index in [2.05, 4.69) is 5.32 Å². The molecule has 0 aromatic heterocycles. The number of amides is 1. The van der Waals surface area contributed by atoms with Crippen LogP contribution in [0.4, 0.5) is 0 Å². The Bertz CT molecular complexity index is 354. The summed E-state index contributed by atoms with van der Waals surface area (Å²) in [5.41, 5.74) is 5.77. The molecule has 0 aromatic carbocycles. The summed E-state index contributed by atoms with van der Waals surface area (Å²) in [7, 11) is 0. The average Bonchev–Trinajstić information content (AvgIpc) is 2.86. The van der Waals surface area contributed by atoms with Crippen LogP contribution in [0.2, 0.25) is 0 Å². The van der Waals surface area contributed by atoms with E-state index in [1.54, 1.807) is 0 Å². The molecule has 6 atom stereocenters. The van der Waals surface area contributed by atoms with Crippen LogP contribution in [0.15, 0.2) is 0 Å². The van der Waals surface area contributed by atoms with Gasteiger partial charge in [-0.15, -0.1) is 0 Å². The zero-order valence-electron chi connectivity index (χ0n) is 11.0. The maximum absolute atomic E-state index is 12.4. The van der Waals surface area contributed by atoms with Crippen molar-refractivity contribution >= 4 is 5.91 Å². The Labute approximate surface area is 109 Å². The van der Waals surface area contributed by atoms with E-state index in [0.717, 1.165) is 36.5 Å². The van der Waals surface area contributed by atoms with Gasteiger partial charge in [0, 0.05) is 12.0 Å². The second-order valence-electron chi connectivity index (χ2n) is 7.06. The minimum Gasteiger partial charge on any atom is -0.353 e. The number of carbonyl (C=O) groups is 1. The number of nitrogens with two attached hydrogens (primary N) is 1. The number of nitrogens with one attached hydrogen (secondary N) is 1. The van der Waals surface area contributed by atoms with Crippen LogP contribution < -0.4 is 11.1 Å². The molecule has 3 nitrogen and oxygen atoms in total. The number of hydrogen-bond donors (Lipinski definition) is 2. The van der Waals surface area contributed by atoms with E-state index < -0.39 is 0 Å². The fourth-order valence-electron chi connectivity index (χ4n) is 5.45. The smallest absolute Gasteiger partial charge is 0.223 e. The largest absolute Gasteiger partial charge is 0.353 e. The van der Waals surface area contributed by atoms with E-state index in [9.17, 15) is 4.79 Å². The number of hydrogen-bond acceptors (Lipinski definition) is 2. The van der Waals surface area contributed by atoms with Crippen LogP contribution in [0.5, 0.6) is 0 Å². The third-order valence-electron chi connectivity index (χ3n) is 6.34. The van der Waals surface area contributed by atoms with E-state index in [4.69, 9.17) is 5.73 Å². The Morgan fingerprint density at radius 1 is 1.11 bits per heavy atom. The molecule has 3 N–H and O–H groups in total. The van der Waals surface area contributed by atoms with Gasteiger partial charge in [0.2, 0.25) is 5.91 Å². The van der Waals surface area contributed by atoms with Crippen LogP contribution in [0, 0.1) is 35.5 Å². The average molecular weight is 248 g/mol. The van der Waals surface area contributed by atoms with Crippen molar-refractivity contribution in [1.82, 2.24) is 5.32 Å². The zero-order valence-corrected chi connectivity index (χ0v) is 11.0. The maximum atomic E-state index is 12.4. The summed E-state index contributed by atoms with van der Waals surface area (Å²) in [6.45, 7) is 0.681. The lowest BCUT2D eigenvalue weighted by atomic mass is 9.95. The first-order chi connectivity index (χ1) is 8.79. The lowest BCUT2D eigenvalue weighted by Crippen LogP contribution is -2.38. The molecule has 4 rings (SSSR count). The summed E-state index contributed by atoms with van der Waals surface area (Å²) < 4.78 is 0. The van der Waals surface area contributed by atoms with Gasteiger partial charge in [0.05, 0.1) is 0 Å². The topological polar surface area (TPSA) is 55.1 Å². The lowest BCUT2D eigenvalue weighted by Gasteiger charge is -2.19. The summed E-state index contributed by atoms with van der Waals surface area (Å²) in [4.78, 5) is 12.4. The van der Waals surface area contributed by atoms with Gasteiger partial charge in [0.1, 0.15) is 0 Å². The normalized spacial score (nSPS) is 52.4. The molecule has 0 aliphatic heterocycles. The standard InChI is InChI=1S/C15H24N2O/c16-7-10-2-1-3-11(10)15(18)17-14-12-8-4-5-9(6-8)13(12)14/h8-14H,1-7,16H2,(H,17,18). The molecular weight excluding hydrogens is 224 g/mol. The van der Waals surface area contributed by atoms with E-state index in [1.165, 1.54) is 25.7 Å². The quantitative estimate of drug-likeness (QED) is 0.795. The predicted octanol–water partition coefficient (Wildman–Crippen LogP) is 1.52. The van der Waals surface area contributed by atoms with Crippen LogP contribution in [0.3, 0.4) is 0 Å². The van der Waals surface area contributed by atoms with E-state index in [-0.39, 0.29) is 5.92 Å². The second-order valence-corrected chi connectivity index (χ2v) is 7.06. The molecule has 6 unspecified atom stereocenters. The lowest BCUT2D eigenvalue weighted by molar-refractivity contribution is -0.126. The van der Waals surface area contributed by atoms with Gasteiger partial charge in [-0.3, -0.25) is 4.79 Å². The van der Waals surface area contributed by atoms with Crippen molar-refractivity contribution in [3.8, 4) is 0 Å². The van der Waals surface area contributed by atoms with Crippen LogP contribution in [-0.2, 0) is 4.79 Å². The van der Waals surface area contributed by atoms with Crippen molar-refractivity contribution in [1.29, 1.82) is 0 Å². The van der Waals surface area contributed by atoms with Crippen molar-refractivity contribution in [3.05, 3.63) is 0 Å². The highest BCUT2D eigenvalue weighted by Gasteiger charge is 2.65. The van der Waals surface area contributed by atoms with E-state index in [1.807, 2.05) is 0 Å². The highest BCUT2D eigenvalue weighted by atomic mass is 16.2. The molecule has 0 heterocycles. The van der Waals surface area contributed by atoms with Gasteiger partial charge in [-0.25, -0.2) is 0 Å². The van der Waals surface area contributed by atoms with Crippen LogP contribution in [-0.4, -0.2) is 18.5 Å². The molecule has 0 saturated heterocycles. The van der Waals surface area contributed by atoms with Gasteiger partial charge < -0.3 is 11.1 Å². The Balaban J connectivity index is 1.37. The highest BCUT2D eigenvalue weighted by molar-refractivity contribution is 5.80. The SMILES string of the molecule is NCC1CCCC1C(=O)NC1C2C3CCC(C3)C12. The Morgan fingerprint density at radius 3 is 2.50 bits per heavy atom. The van der Waals surface area contributed by atoms with Gasteiger partial charge in [-0.2, -0.15) is 0 Å². The van der Waals surface area contributed by atoms with Gasteiger partial charge in [-0.05, 0) is 68.2 Å². The molecule has 4 aliphatic carbocycles. The predicted molar refractivity (Wildman–Crippen MR) is 69.6 cm³/mol. The first-order valence-corrected chi connectivity index (χ1v) is 7.80. The first-order valence-electron chi connectivity index (χ1n) is 7.80. The van der Waals surface area contributed by atoms with E-state index >= 15 is 0 Å². The van der Waals surface area contributed by atoms with Crippen LogP contribution in [0.1, 0.15) is 38.5 Å². The van der Waals surface area contributed by atoms with Crippen molar-refractivity contribution in [2.45, 2.75) is 44.6 Å². The third-order valence-corrected chi connectivity index (χ3v) is 6.34. The molecule has 18 heavy (non-hydrogen) atoms. The summed E-state index contributed by atoms with van der Waals surface area (Å²) in [5, 5.41) is 3.37. The number of rotatable bonds is 3. The molecule has 0 spiro atoms. The van der Waals surface area contributed by atoms with Crippen molar-refractivity contribution in [2.75, 3.05) is 6.54 Å². The monoisotopic (exact) mass is 248 g/mol. The second kappa shape index (κ2) is 3.96. The summed E-state index contributed by atoms with van der Waals surface area (Å²) >= 11 is 0. The van der Waals surface area contributed by atoms with Crippen LogP contribution >= 0.6 is 0 Å². The Hall–Kier alpha value is -0.570. The summed E-state index contributed by atoms with van der Waals surface area (Å²) in [5.74, 6) is 4.57. The molecule has 4 aliphatic rings. The third kappa shape index (κ3) is 1.49. The minimum atomic E-state index is 0.217. The molecule has 100 valence electrons. The molecule has 1 amide bonds. The van der Waals surface area contributed by atoms with Gasteiger partial charge in [0.15, 0.2) is 0 Å². The molecule has 3 heteroatoms. The number of fused-ring (bicyclic) bond motifs is 5. The highest BCUT2D eigenvalue weighted by Crippen LogP contribution is 2.65. The van der Waals surface area contributed by atoms with Gasteiger partial charge in [0.25, 0.3) is 0 Å². The fraction of sp³-hybridized carbons (Fsp3) is 0.933. The minimum absolute atomic E-state index is 0.217. The van der Waals surface area contributed by atoms with Crippen LogP contribution in [0.25, 0.3) is 0 Å². The number of carbonyl (C=O) groups excluding carboxylic acids is 1. The van der Waals surface area contributed by atoms with Crippen molar-refractivity contribution in [3.63, 3.8) is 0 Å². The Kier molecular flexibility index (Phi) is 2.48. The Morgan fingerprint density at radius 2 is 1.83 bits per heavy atom. The van der Waals surface area contributed by atoms with E-state index in [0.29, 0.717) is 24.4 Å². The first kappa shape index (κ1) is 11.3.